The number of aliphatic hydroxyl groups is 4. The maximum absolute atomic E-state index is 10.3. The Bertz CT molecular complexity index is 974. The van der Waals surface area contributed by atoms with Crippen molar-refractivity contribution in [3.8, 4) is 0 Å². The summed E-state index contributed by atoms with van der Waals surface area (Å²) in [6.07, 6.45) is -0.106. The number of aromatic nitrogens is 4. The molecule has 1 fully saturated rings. The lowest BCUT2D eigenvalue weighted by atomic mass is 10.1. The molecule has 2 aromatic heterocycles. The summed E-state index contributed by atoms with van der Waals surface area (Å²) in [6, 6.07) is 9.00. The fourth-order valence-corrected chi connectivity index (χ4v) is 3.09. The number of benzene rings is 1. The Balaban J connectivity index is 1.73. The lowest BCUT2D eigenvalue weighted by Crippen LogP contribution is -2.33. The molecule has 0 amide bonds. The van der Waals surface area contributed by atoms with Crippen LogP contribution in [0.3, 0.4) is 0 Å². The Kier molecular flexibility index (Phi) is 4.58. The first-order chi connectivity index (χ1) is 13.1. The molecular weight excluding hydrogens is 352 g/mol. The van der Waals surface area contributed by atoms with Crippen LogP contribution in [0, 0.1) is 0 Å². The van der Waals surface area contributed by atoms with E-state index in [1.54, 1.807) is 12.1 Å². The molecule has 1 aromatic carbocycles. The summed E-state index contributed by atoms with van der Waals surface area (Å²) in [4.78, 5) is 12.6. The molecule has 0 spiro atoms. The topological polar surface area (TPSA) is 134 Å². The van der Waals surface area contributed by atoms with Gasteiger partial charge in [0.05, 0.1) is 18.6 Å². The van der Waals surface area contributed by atoms with Crippen molar-refractivity contribution in [2.45, 2.75) is 24.5 Å². The van der Waals surface area contributed by atoms with Crippen LogP contribution in [0.5, 0.6) is 0 Å². The van der Waals surface area contributed by atoms with Crippen molar-refractivity contribution < 1.29 is 25.2 Å². The van der Waals surface area contributed by atoms with Gasteiger partial charge in [-0.2, -0.15) is 0 Å². The van der Waals surface area contributed by atoms with Crippen LogP contribution >= 0.6 is 0 Å². The van der Waals surface area contributed by atoms with E-state index in [-0.39, 0.29) is 5.76 Å². The molecule has 140 valence electrons. The van der Waals surface area contributed by atoms with Gasteiger partial charge in [-0.25, -0.2) is 15.0 Å². The number of nitrogens with zero attached hydrogens (tertiary/aromatic N) is 4. The summed E-state index contributed by atoms with van der Waals surface area (Å²) < 4.78 is 7.00. The SMILES string of the molecule is OC[C@@H]1O[C@@H](n2cnc3c(/C=C(\O)c4ccccc4)ncnc32)[C@H](O)[C@@H]1O. The summed E-state index contributed by atoms with van der Waals surface area (Å²) in [5, 5.41) is 39.8. The van der Waals surface area contributed by atoms with Gasteiger partial charge in [0.25, 0.3) is 0 Å². The van der Waals surface area contributed by atoms with E-state index in [9.17, 15) is 20.4 Å². The Morgan fingerprint density at radius 1 is 1.11 bits per heavy atom. The molecule has 4 atom stereocenters. The second-order valence-corrected chi connectivity index (χ2v) is 6.21. The molecule has 1 aliphatic heterocycles. The monoisotopic (exact) mass is 370 g/mol. The van der Waals surface area contributed by atoms with E-state index in [0.29, 0.717) is 22.4 Å². The van der Waals surface area contributed by atoms with Gasteiger partial charge in [-0.1, -0.05) is 30.3 Å². The van der Waals surface area contributed by atoms with Gasteiger partial charge in [-0.3, -0.25) is 4.57 Å². The highest BCUT2D eigenvalue weighted by Crippen LogP contribution is 2.31. The summed E-state index contributed by atoms with van der Waals surface area (Å²) in [7, 11) is 0. The fraction of sp³-hybridized carbons (Fsp3) is 0.278. The van der Waals surface area contributed by atoms with Crippen LogP contribution in [-0.4, -0.2) is 64.9 Å². The Morgan fingerprint density at radius 3 is 2.59 bits per heavy atom. The molecule has 4 N–H and O–H groups in total. The Hall–Kier alpha value is -2.85. The standard InChI is InChI=1S/C18H18N4O5/c23-7-13-15(25)16(26)18(27-13)22-9-21-14-11(19-8-20-17(14)22)6-12(24)10-4-2-1-3-5-10/h1-6,8-9,13,15-16,18,23-26H,7H2/b12-6-/t13-,15+,16+,18+/m0/s1. The van der Waals surface area contributed by atoms with Crippen molar-refractivity contribution in [2.75, 3.05) is 6.61 Å². The van der Waals surface area contributed by atoms with E-state index in [1.807, 2.05) is 18.2 Å². The first-order valence-corrected chi connectivity index (χ1v) is 8.36. The van der Waals surface area contributed by atoms with Gasteiger partial charge >= 0.3 is 0 Å². The van der Waals surface area contributed by atoms with E-state index in [4.69, 9.17) is 4.74 Å². The molecule has 9 heteroatoms. The van der Waals surface area contributed by atoms with Crippen molar-refractivity contribution in [3.05, 3.63) is 54.2 Å². The van der Waals surface area contributed by atoms with Crippen molar-refractivity contribution >= 4 is 23.0 Å². The first kappa shape index (κ1) is 17.6. The maximum Gasteiger partial charge on any atom is 0.166 e. The number of fused-ring (bicyclic) bond motifs is 1. The van der Waals surface area contributed by atoms with E-state index >= 15 is 0 Å². The third-order valence-electron chi connectivity index (χ3n) is 4.52. The van der Waals surface area contributed by atoms with Gasteiger partial charge in [0, 0.05) is 11.6 Å². The van der Waals surface area contributed by atoms with Crippen molar-refractivity contribution in [1.82, 2.24) is 19.5 Å². The minimum absolute atomic E-state index is 0.0260. The van der Waals surface area contributed by atoms with Crippen LogP contribution in [0.15, 0.2) is 43.0 Å². The third kappa shape index (κ3) is 3.06. The molecule has 0 aliphatic carbocycles. The van der Waals surface area contributed by atoms with Crippen molar-refractivity contribution in [2.24, 2.45) is 0 Å². The van der Waals surface area contributed by atoms with Crippen LogP contribution in [0.25, 0.3) is 23.0 Å². The zero-order valence-electron chi connectivity index (χ0n) is 14.1. The van der Waals surface area contributed by atoms with E-state index in [2.05, 4.69) is 15.0 Å². The Labute approximate surface area is 153 Å². The molecule has 0 bridgehead atoms. The normalized spacial score (nSPS) is 26.0. The lowest BCUT2D eigenvalue weighted by molar-refractivity contribution is -0.0511. The zero-order valence-corrected chi connectivity index (χ0v) is 14.1. The smallest absolute Gasteiger partial charge is 0.166 e. The minimum atomic E-state index is -1.24. The number of ether oxygens (including phenoxy) is 1. The van der Waals surface area contributed by atoms with Gasteiger partial charge in [-0.05, 0) is 0 Å². The molecule has 27 heavy (non-hydrogen) atoms. The highest BCUT2D eigenvalue weighted by Gasteiger charge is 2.43. The molecule has 0 unspecified atom stereocenters. The molecule has 0 saturated carbocycles. The number of aliphatic hydroxyl groups excluding tert-OH is 4. The van der Waals surface area contributed by atoms with Gasteiger partial charge in [0.1, 0.15) is 35.9 Å². The predicted octanol–water partition coefficient (Wildman–Crippen LogP) is 0.494. The number of imidazole rings is 1. The first-order valence-electron chi connectivity index (χ1n) is 8.36. The molecule has 9 nitrogen and oxygen atoms in total. The largest absolute Gasteiger partial charge is 0.507 e. The molecule has 3 heterocycles. The molecular formula is C18H18N4O5. The van der Waals surface area contributed by atoms with Crippen LogP contribution in [0.2, 0.25) is 0 Å². The van der Waals surface area contributed by atoms with Gasteiger partial charge in [0.15, 0.2) is 11.9 Å². The summed E-state index contributed by atoms with van der Waals surface area (Å²) in [6.45, 7) is -0.421. The third-order valence-corrected chi connectivity index (χ3v) is 4.52. The van der Waals surface area contributed by atoms with Crippen LogP contribution in [-0.2, 0) is 4.74 Å². The number of hydrogen-bond acceptors (Lipinski definition) is 8. The highest BCUT2D eigenvalue weighted by molar-refractivity contribution is 5.86. The molecule has 0 radical (unpaired) electrons. The lowest BCUT2D eigenvalue weighted by Gasteiger charge is -2.16. The Morgan fingerprint density at radius 2 is 1.89 bits per heavy atom. The molecule has 1 aliphatic rings. The number of rotatable bonds is 4. The van der Waals surface area contributed by atoms with Crippen molar-refractivity contribution in [3.63, 3.8) is 0 Å². The average Bonchev–Trinajstić information content (AvgIpc) is 3.25. The second-order valence-electron chi connectivity index (χ2n) is 6.21. The molecule has 4 rings (SSSR count). The van der Waals surface area contributed by atoms with Gasteiger partial charge < -0.3 is 25.2 Å². The summed E-state index contributed by atoms with van der Waals surface area (Å²) >= 11 is 0. The van der Waals surface area contributed by atoms with Crippen LogP contribution in [0.4, 0.5) is 0 Å². The number of hydrogen-bond donors (Lipinski definition) is 4. The minimum Gasteiger partial charge on any atom is -0.507 e. The highest BCUT2D eigenvalue weighted by atomic mass is 16.6. The molecule has 1 saturated heterocycles. The van der Waals surface area contributed by atoms with E-state index in [1.165, 1.54) is 23.3 Å². The van der Waals surface area contributed by atoms with E-state index < -0.39 is 31.1 Å². The quantitative estimate of drug-likeness (QED) is 0.488. The average molecular weight is 370 g/mol. The predicted molar refractivity (Wildman–Crippen MR) is 95.3 cm³/mol. The second kappa shape index (κ2) is 7.05. The molecule has 3 aromatic rings. The summed E-state index contributed by atoms with van der Waals surface area (Å²) in [5.41, 5.74) is 1.80. The zero-order chi connectivity index (χ0) is 19.0. The van der Waals surface area contributed by atoms with Gasteiger partial charge in [-0.15, -0.1) is 0 Å². The van der Waals surface area contributed by atoms with E-state index in [0.717, 1.165) is 0 Å². The fourth-order valence-electron chi connectivity index (χ4n) is 3.09. The maximum atomic E-state index is 10.3. The van der Waals surface area contributed by atoms with Crippen LogP contribution in [0.1, 0.15) is 17.5 Å². The van der Waals surface area contributed by atoms with Crippen LogP contribution < -0.4 is 0 Å². The van der Waals surface area contributed by atoms with Crippen molar-refractivity contribution in [1.29, 1.82) is 0 Å². The van der Waals surface area contributed by atoms with Gasteiger partial charge in [0.2, 0.25) is 0 Å². The summed E-state index contributed by atoms with van der Waals surface area (Å²) in [5.74, 6) is 0.0260.